The van der Waals surface area contributed by atoms with Crippen molar-refractivity contribution in [3.63, 3.8) is 0 Å². The Morgan fingerprint density at radius 2 is 1.81 bits per heavy atom. The van der Waals surface area contributed by atoms with Gasteiger partial charge in [-0.2, -0.15) is 0 Å². The fraction of sp³-hybridized carbons (Fsp3) is 0.318. The summed E-state index contributed by atoms with van der Waals surface area (Å²) in [5.41, 5.74) is 6.07. The van der Waals surface area contributed by atoms with Crippen molar-refractivity contribution >= 4 is 22.5 Å². The topological polar surface area (TPSA) is 39.3 Å². The van der Waals surface area contributed by atoms with Crippen LogP contribution >= 0.6 is 0 Å². The molecule has 4 rings (SSSR count). The number of fused-ring (bicyclic) bond motifs is 1. The number of rotatable bonds is 3. The Balaban J connectivity index is 1.40. The van der Waals surface area contributed by atoms with Crippen LogP contribution in [0.1, 0.15) is 16.7 Å². The number of H-pyrrole nitrogens is 1. The van der Waals surface area contributed by atoms with E-state index in [0.717, 1.165) is 42.6 Å². The van der Waals surface area contributed by atoms with Crippen LogP contribution in [-0.2, 0) is 11.2 Å². The first-order valence-corrected chi connectivity index (χ1v) is 9.27. The number of aryl methyl sites for hydroxylation is 2. The summed E-state index contributed by atoms with van der Waals surface area (Å²) in [6, 6.07) is 14.7. The van der Waals surface area contributed by atoms with Gasteiger partial charge >= 0.3 is 0 Å². The molecule has 1 aromatic heterocycles. The highest BCUT2D eigenvalue weighted by molar-refractivity contribution is 5.89. The van der Waals surface area contributed by atoms with Crippen molar-refractivity contribution in [1.29, 1.82) is 0 Å². The first-order valence-electron chi connectivity index (χ1n) is 9.27. The summed E-state index contributed by atoms with van der Waals surface area (Å²) in [4.78, 5) is 20.4. The molecule has 0 bridgehead atoms. The van der Waals surface area contributed by atoms with Gasteiger partial charge in [-0.25, -0.2) is 0 Å². The van der Waals surface area contributed by atoms with Crippen molar-refractivity contribution in [2.75, 3.05) is 31.1 Å². The minimum absolute atomic E-state index is 0.218. The van der Waals surface area contributed by atoms with Gasteiger partial charge in [-0.15, -0.1) is 0 Å². The molecule has 1 N–H and O–H groups in total. The van der Waals surface area contributed by atoms with Crippen molar-refractivity contribution in [2.45, 2.75) is 20.3 Å². The molecule has 2 heterocycles. The maximum Gasteiger partial charge on any atom is 0.227 e. The Labute approximate surface area is 154 Å². The molecule has 2 aromatic carbocycles. The van der Waals surface area contributed by atoms with Gasteiger partial charge in [-0.1, -0.05) is 35.9 Å². The van der Waals surface area contributed by atoms with Crippen LogP contribution in [0.5, 0.6) is 0 Å². The van der Waals surface area contributed by atoms with Crippen LogP contribution in [0.4, 0.5) is 5.69 Å². The molecule has 3 aromatic rings. The molecule has 4 nitrogen and oxygen atoms in total. The Morgan fingerprint density at radius 3 is 2.58 bits per heavy atom. The number of piperazine rings is 1. The lowest BCUT2D eigenvalue weighted by Crippen LogP contribution is -2.49. The summed E-state index contributed by atoms with van der Waals surface area (Å²) in [6.07, 6.45) is 2.43. The number of para-hydroxylation sites is 1. The molecule has 0 aliphatic carbocycles. The molecule has 0 atom stereocenters. The highest BCUT2D eigenvalue weighted by atomic mass is 16.2. The van der Waals surface area contributed by atoms with Crippen LogP contribution in [0.25, 0.3) is 10.9 Å². The number of nitrogens with zero attached hydrogens (tertiary/aromatic N) is 2. The van der Waals surface area contributed by atoms with Gasteiger partial charge in [-0.05, 0) is 37.1 Å². The molecule has 26 heavy (non-hydrogen) atoms. The van der Waals surface area contributed by atoms with Gasteiger partial charge in [0.15, 0.2) is 0 Å². The third-order valence-corrected chi connectivity index (χ3v) is 5.34. The van der Waals surface area contributed by atoms with E-state index in [2.05, 4.69) is 48.0 Å². The Kier molecular flexibility index (Phi) is 4.41. The van der Waals surface area contributed by atoms with E-state index in [4.69, 9.17) is 0 Å². The Hall–Kier alpha value is -2.75. The van der Waals surface area contributed by atoms with Gasteiger partial charge in [-0.3, -0.25) is 4.79 Å². The van der Waals surface area contributed by atoms with Crippen LogP contribution in [0.3, 0.4) is 0 Å². The third kappa shape index (κ3) is 3.19. The SMILES string of the molecule is Cc1ccc(N2CCN(C(=O)Cc3c[nH]c4ccccc34)CC2)c(C)c1. The number of benzene rings is 2. The van der Waals surface area contributed by atoms with Crippen LogP contribution in [0.15, 0.2) is 48.7 Å². The van der Waals surface area contributed by atoms with E-state index in [0.29, 0.717) is 6.42 Å². The number of nitrogens with one attached hydrogen (secondary N) is 1. The zero-order chi connectivity index (χ0) is 18.1. The second kappa shape index (κ2) is 6.87. The summed E-state index contributed by atoms with van der Waals surface area (Å²) >= 11 is 0. The van der Waals surface area contributed by atoms with E-state index in [1.807, 2.05) is 29.3 Å². The van der Waals surface area contributed by atoms with E-state index in [1.165, 1.54) is 16.8 Å². The largest absolute Gasteiger partial charge is 0.368 e. The fourth-order valence-corrected chi connectivity index (χ4v) is 3.91. The van der Waals surface area contributed by atoms with Crippen molar-refractivity contribution in [1.82, 2.24) is 9.88 Å². The number of anilines is 1. The van der Waals surface area contributed by atoms with E-state index in [1.54, 1.807) is 0 Å². The minimum Gasteiger partial charge on any atom is -0.368 e. The first kappa shape index (κ1) is 16.7. The van der Waals surface area contributed by atoms with Crippen molar-refractivity contribution in [2.24, 2.45) is 0 Å². The molecule has 1 aliphatic heterocycles. The molecule has 134 valence electrons. The molecule has 0 unspecified atom stereocenters. The number of hydrogen-bond donors (Lipinski definition) is 1. The highest BCUT2D eigenvalue weighted by Gasteiger charge is 2.22. The number of aromatic nitrogens is 1. The third-order valence-electron chi connectivity index (χ3n) is 5.34. The van der Waals surface area contributed by atoms with Crippen LogP contribution in [-0.4, -0.2) is 42.0 Å². The summed E-state index contributed by atoms with van der Waals surface area (Å²) in [5.74, 6) is 0.218. The molecule has 4 heteroatoms. The molecule has 1 amide bonds. The van der Waals surface area contributed by atoms with Gasteiger partial charge in [0.05, 0.1) is 6.42 Å². The molecule has 1 saturated heterocycles. The quantitative estimate of drug-likeness (QED) is 0.785. The van der Waals surface area contributed by atoms with E-state index >= 15 is 0 Å². The zero-order valence-electron chi connectivity index (χ0n) is 15.5. The van der Waals surface area contributed by atoms with Gasteiger partial charge in [0.1, 0.15) is 0 Å². The van der Waals surface area contributed by atoms with E-state index in [-0.39, 0.29) is 5.91 Å². The summed E-state index contributed by atoms with van der Waals surface area (Å²) < 4.78 is 0. The maximum absolute atomic E-state index is 12.8. The summed E-state index contributed by atoms with van der Waals surface area (Å²) in [5, 5.41) is 1.15. The van der Waals surface area contributed by atoms with Crippen LogP contribution in [0.2, 0.25) is 0 Å². The number of carbonyl (C=O) groups is 1. The van der Waals surface area contributed by atoms with E-state index in [9.17, 15) is 4.79 Å². The lowest BCUT2D eigenvalue weighted by atomic mass is 10.1. The highest BCUT2D eigenvalue weighted by Crippen LogP contribution is 2.23. The summed E-state index contributed by atoms with van der Waals surface area (Å²) in [7, 11) is 0. The molecule has 1 aliphatic rings. The monoisotopic (exact) mass is 347 g/mol. The second-order valence-corrected chi connectivity index (χ2v) is 7.19. The van der Waals surface area contributed by atoms with Gasteiger partial charge in [0, 0.05) is 49.0 Å². The van der Waals surface area contributed by atoms with Gasteiger partial charge in [0.2, 0.25) is 5.91 Å². The van der Waals surface area contributed by atoms with Crippen LogP contribution < -0.4 is 4.90 Å². The van der Waals surface area contributed by atoms with Crippen molar-refractivity contribution in [3.05, 3.63) is 65.4 Å². The average Bonchev–Trinajstić information content (AvgIpc) is 3.05. The predicted octanol–water partition coefficient (Wildman–Crippen LogP) is 3.68. The normalized spacial score (nSPS) is 14.8. The number of hydrogen-bond acceptors (Lipinski definition) is 2. The minimum atomic E-state index is 0.218. The van der Waals surface area contributed by atoms with E-state index < -0.39 is 0 Å². The molecule has 0 radical (unpaired) electrons. The van der Waals surface area contributed by atoms with Crippen molar-refractivity contribution in [3.8, 4) is 0 Å². The Bertz CT molecular complexity index is 935. The maximum atomic E-state index is 12.8. The molecule has 0 spiro atoms. The standard InChI is InChI=1S/C22H25N3O/c1-16-7-8-21(17(2)13-16)24-9-11-25(12-10-24)22(26)14-18-15-23-20-6-4-3-5-19(18)20/h3-8,13,15,23H,9-12,14H2,1-2H3. The van der Waals surface area contributed by atoms with Crippen LogP contribution in [0, 0.1) is 13.8 Å². The number of amides is 1. The molecular weight excluding hydrogens is 322 g/mol. The average molecular weight is 347 g/mol. The smallest absolute Gasteiger partial charge is 0.227 e. The first-order chi connectivity index (χ1) is 12.6. The molecule has 0 saturated carbocycles. The Morgan fingerprint density at radius 1 is 1.04 bits per heavy atom. The fourth-order valence-electron chi connectivity index (χ4n) is 3.91. The zero-order valence-corrected chi connectivity index (χ0v) is 15.5. The lowest BCUT2D eigenvalue weighted by Gasteiger charge is -2.37. The summed E-state index contributed by atoms with van der Waals surface area (Å²) in [6.45, 7) is 7.64. The van der Waals surface area contributed by atoms with Gasteiger partial charge in [0.25, 0.3) is 0 Å². The predicted molar refractivity (Wildman–Crippen MR) is 107 cm³/mol. The molecule has 1 fully saturated rings. The van der Waals surface area contributed by atoms with Crippen molar-refractivity contribution < 1.29 is 4.79 Å². The second-order valence-electron chi connectivity index (χ2n) is 7.19. The number of aromatic amines is 1. The lowest BCUT2D eigenvalue weighted by molar-refractivity contribution is -0.130. The number of carbonyl (C=O) groups excluding carboxylic acids is 1. The molecular formula is C22H25N3O. The van der Waals surface area contributed by atoms with Gasteiger partial charge < -0.3 is 14.8 Å².